The van der Waals surface area contributed by atoms with E-state index in [4.69, 9.17) is 0 Å². The molecule has 0 radical (unpaired) electrons. The summed E-state index contributed by atoms with van der Waals surface area (Å²) in [4.78, 5) is 21.9. The van der Waals surface area contributed by atoms with Crippen LogP contribution < -0.4 is 0 Å². The molecular weight excluding hydrogens is 270 g/mol. The number of carboxylic acid groups (broad SMARTS) is 1. The lowest BCUT2D eigenvalue weighted by Gasteiger charge is -2.13. The zero-order chi connectivity index (χ0) is 15.4. The summed E-state index contributed by atoms with van der Waals surface area (Å²) in [6, 6.07) is 13.8. The van der Waals surface area contributed by atoms with Gasteiger partial charge in [0, 0.05) is 11.6 Å². The van der Waals surface area contributed by atoms with E-state index in [1.165, 1.54) is 12.1 Å². The van der Waals surface area contributed by atoms with Crippen LogP contribution in [0.4, 0.5) is 5.69 Å². The normalized spacial score (nSPS) is 11.9. The Balaban J connectivity index is 2.33. The molecule has 1 unspecified atom stereocenters. The van der Waals surface area contributed by atoms with Gasteiger partial charge in [-0.15, -0.1) is 0 Å². The number of rotatable bonds is 5. The van der Waals surface area contributed by atoms with Gasteiger partial charge in [-0.2, -0.15) is 0 Å². The molecule has 5 heteroatoms. The fraction of sp³-hybridized carbons (Fsp3) is 0.188. The van der Waals surface area contributed by atoms with Crippen molar-refractivity contribution in [1.29, 1.82) is 0 Å². The van der Waals surface area contributed by atoms with E-state index in [0.717, 1.165) is 5.56 Å². The molecule has 1 N–H and O–H groups in total. The van der Waals surface area contributed by atoms with Crippen LogP contribution in [0.2, 0.25) is 0 Å². The Morgan fingerprint density at radius 2 is 1.90 bits per heavy atom. The number of carboxylic acids is 1. The van der Waals surface area contributed by atoms with Crippen molar-refractivity contribution in [3.63, 3.8) is 0 Å². The molecule has 0 fully saturated rings. The van der Waals surface area contributed by atoms with Gasteiger partial charge in [0.25, 0.3) is 5.69 Å². The van der Waals surface area contributed by atoms with Crippen LogP contribution in [-0.2, 0) is 11.2 Å². The minimum Gasteiger partial charge on any atom is -0.481 e. The summed E-state index contributed by atoms with van der Waals surface area (Å²) in [6.45, 7) is 1.61. The Kier molecular flexibility index (Phi) is 4.33. The highest BCUT2D eigenvalue weighted by Crippen LogP contribution is 2.26. The third-order valence-electron chi connectivity index (χ3n) is 3.40. The summed E-state index contributed by atoms with van der Waals surface area (Å²) in [5.74, 6) is -1.65. The Hall–Kier alpha value is -2.69. The van der Waals surface area contributed by atoms with Crippen LogP contribution in [-0.4, -0.2) is 16.0 Å². The molecule has 0 aliphatic carbocycles. The Bertz CT molecular complexity index is 667. The van der Waals surface area contributed by atoms with Crippen LogP contribution in [0.15, 0.2) is 48.5 Å². The minimum atomic E-state index is -0.938. The predicted molar refractivity (Wildman–Crippen MR) is 78.4 cm³/mol. The Morgan fingerprint density at radius 3 is 2.43 bits per heavy atom. The molecule has 0 aliphatic rings. The van der Waals surface area contributed by atoms with E-state index in [1.807, 2.05) is 30.3 Å². The van der Waals surface area contributed by atoms with Crippen LogP contribution in [0, 0.1) is 17.0 Å². The van der Waals surface area contributed by atoms with Crippen LogP contribution in [0.1, 0.15) is 22.6 Å². The highest BCUT2D eigenvalue weighted by Gasteiger charge is 2.22. The molecule has 0 aliphatic heterocycles. The van der Waals surface area contributed by atoms with Crippen molar-refractivity contribution >= 4 is 11.7 Å². The molecule has 21 heavy (non-hydrogen) atoms. The van der Waals surface area contributed by atoms with E-state index in [2.05, 4.69) is 0 Å². The van der Waals surface area contributed by atoms with Gasteiger partial charge in [0.05, 0.1) is 10.8 Å². The van der Waals surface area contributed by atoms with Crippen LogP contribution >= 0.6 is 0 Å². The van der Waals surface area contributed by atoms with E-state index in [-0.39, 0.29) is 5.69 Å². The standard InChI is InChI=1S/C16H15NO4/c1-11-9-13(7-8-15(11)17(20)21)14(16(18)19)10-12-5-3-2-4-6-12/h2-9,14H,10H2,1H3,(H,18,19). The lowest BCUT2D eigenvalue weighted by atomic mass is 9.91. The number of hydrogen-bond acceptors (Lipinski definition) is 3. The van der Waals surface area contributed by atoms with Crippen molar-refractivity contribution in [2.75, 3.05) is 0 Å². The molecule has 0 saturated heterocycles. The van der Waals surface area contributed by atoms with Gasteiger partial charge in [0.15, 0.2) is 0 Å². The highest BCUT2D eigenvalue weighted by atomic mass is 16.6. The minimum absolute atomic E-state index is 0.00241. The molecule has 2 aromatic rings. The van der Waals surface area contributed by atoms with E-state index < -0.39 is 16.8 Å². The van der Waals surface area contributed by atoms with Gasteiger partial charge in [-0.1, -0.05) is 36.4 Å². The van der Waals surface area contributed by atoms with Gasteiger partial charge in [0.1, 0.15) is 0 Å². The zero-order valence-electron chi connectivity index (χ0n) is 11.5. The molecule has 0 bridgehead atoms. The van der Waals surface area contributed by atoms with Gasteiger partial charge in [-0.05, 0) is 30.5 Å². The molecule has 0 heterocycles. The number of carbonyl (C=O) groups is 1. The number of nitro benzene ring substituents is 1. The molecule has 0 spiro atoms. The molecule has 0 amide bonds. The summed E-state index contributed by atoms with van der Waals surface area (Å²) in [5.41, 5.74) is 1.97. The zero-order valence-corrected chi connectivity index (χ0v) is 11.5. The van der Waals surface area contributed by atoms with Gasteiger partial charge < -0.3 is 5.11 Å². The van der Waals surface area contributed by atoms with E-state index >= 15 is 0 Å². The number of benzene rings is 2. The van der Waals surface area contributed by atoms with Gasteiger partial charge in [-0.25, -0.2) is 0 Å². The van der Waals surface area contributed by atoms with Crippen molar-refractivity contribution in [1.82, 2.24) is 0 Å². The van der Waals surface area contributed by atoms with Gasteiger partial charge in [0.2, 0.25) is 0 Å². The molecule has 0 aromatic heterocycles. The Morgan fingerprint density at radius 1 is 1.24 bits per heavy atom. The summed E-state index contributed by atoms with van der Waals surface area (Å²) >= 11 is 0. The van der Waals surface area contributed by atoms with Crippen LogP contribution in [0.25, 0.3) is 0 Å². The maximum Gasteiger partial charge on any atom is 0.311 e. The lowest BCUT2D eigenvalue weighted by Crippen LogP contribution is -2.14. The van der Waals surface area contributed by atoms with Crippen LogP contribution in [0.3, 0.4) is 0 Å². The van der Waals surface area contributed by atoms with Crippen molar-refractivity contribution in [2.45, 2.75) is 19.3 Å². The van der Waals surface area contributed by atoms with Crippen molar-refractivity contribution in [3.05, 3.63) is 75.3 Å². The monoisotopic (exact) mass is 285 g/mol. The summed E-state index contributed by atoms with van der Waals surface area (Å²) in [6.07, 6.45) is 0.355. The third-order valence-corrected chi connectivity index (χ3v) is 3.40. The van der Waals surface area contributed by atoms with E-state index in [0.29, 0.717) is 17.5 Å². The summed E-state index contributed by atoms with van der Waals surface area (Å²) in [5, 5.41) is 20.2. The Labute approximate surface area is 122 Å². The molecule has 2 aromatic carbocycles. The molecule has 0 saturated carbocycles. The molecule has 5 nitrogen and oxygen atoms in total. The first-order valence-corrected chi connectivity index (χ1v) is 6.50. The second-order valence-electron chi connectivity index (χ2n) is 4.88. The van der Waals surface area contributed by atoms with Crippen molar-refractivity contribution in [3.8, 4) is 0 Å². The molecule has 1 atom stereocenters. The van der Waals surface area contributed by atoms with Crippen molar-refractivity contribution in [2.24, 2.45) is 0 Å². The second-order valence-corrected chi connectivity index (χ2v) is 4.88. The average Bonchev–Trinajstić information content (AvgIpc) is 2.45. The van der Waals surface area contributed by atoms with Crippen LogP contribution in [0.5, 0.6) is 0 Å². The van der Waals surface area contributed by atoms with E-state index in [1.54, 1.807) is 13.0 Å². The lowest BCUT2D eigenvalue weighted by molar-refractivity contribution is -0.385. The number of nitrogens with zero attached hydrogens (tertiary/aromatic N) is 1. The SMILES string of the molecule is Cc1cc(C(Cc2ccccc2)C(=O)O)ccc1[N+](=O)[O-]. The fourth-order valence-corrected chi connectivity index (χ4v) is 2.30. The molecule has 108 valence electrons. The van der Waals surface area contributed by atoms with Gasteiger partial charge >= 0.3 is 5.97 Å². The largest absolute Gasteiger partial charge is 0.481 e. The summed E-state index contributed by atoms with van der Waals surface area (Å²) in [7, 11) is 0. The topological polar surface area (TPSA) is 80.4 Å². The molecular formula is C16H15NO4. The first kappa shape index (κ1) is 14.7. The first-order valence-electron chi connectivity index (χ1n) is 6.50. The number of hydrogen-bond donors (Lipinski definition) is 1. The maximum absolute atomic E-state index is 11.5. The van der Waals surface area contributed by atoms with Crippen molar-refractivity contribution < 1.29 is 14.8 Å². The smallest absolute Gasteiger partial charge is 0.311 e. The van der Waals surface area contributed by atoms with E-state index in [9.17, 15) is 20.0 Å². The fourth-order valence-electron chi connectivity index (χ4n) is 2.30. The second kappa shape index (κ2) is 6.17. The number of nitro groups is 1. The average molecular weight is 285 g/mol. The quantitative estimate of drug-likeness (QED) is 0.675. The predicted octanol–water partition coefficient (Wildman–Crippen LogP) is 3.31. The summed E-state index contributed by atoms with van der Waals surface area (Å²) < 4.78 is 0. The highest BCUT2D eigenvalue weighted by molar-refractivity contribution is 5.76. The van der Waals surface area contributed by atoms with Gasteiger partial charge in [-0.3, -0.25) is 14.9 Å². The molecule has 2 rings (SSSR count). The maximum atomic E-state index is 11.5. The number of aliphatic carboxylic acids is 1. The third kappa shape index (κ3) is 3.45. The first-order chi connectivity index (χ1) is 9.99. The number of aryl methyl sites for hydroxylation is 1.